The number of benzene rings is 1. The van der Waals surface area contributed by atoms with Crippen LogP contribution in [0.15, 0.2) is 39.8 Å². The highest BCUT2D eigenvalue weighted by Crippen LogP contribution is 2.11. The molecule has 0 unspecified atom stereocenters. The van der Waals surface area contributed by atoms with Crippen molar-refractivity contribution in [1.82, 2.24) is 0 Å². The van der Waals surface area contributed by atoms with E-state index in [1.54, 1.807) is 0 Å². The summed E-state index contributed by atoms with van der Waals surface area (Å²) >= 11 is 6.62. The molecule has 1 rings (SSSR count). The van der Waals surface area contributed by atoms with E-state index < -0.39 is 0 Å². The van der Waals surface area contributed by atoms with Gasteiger partial charge in [0.25, 0.3) is 0 Å². The van der Waals surface area contributed by atoms with E-state index >= 15 is 0 Å². The Bertz CT molecular complexity index is 236. The second kappa shape index (κ2) is 4.73. The Morgan fingerprint density at radius 1 is 1.18 bits per heavy atom. The van der Waals surface area contributed by atoms with Crippen molar-refractivity contribution in [2.45, 2.75) is 6.42 Å². The van der Waals surface area contributed by atoms with Crippen molar-refractivity contribution in [3.8, 4) is 0 Å². The summed E-state index contributed by atoms with van der Waals surface area (Å²) in [5.41, 5.74) is 1.32. The summed E-state index contributed by atoms with van der Waals surface area (Å²) in [7, 11) is 0. The fourth-order valence-electron chi connectivity index (χ4n) is 0.801. The first kappa shape index (κ1) is 9.01. The lowest BCUT2D eigenvalue weighted by Crippen LogP contribution is -1.77. The molecule has 0 saturated heterocycles. The van der Waals surface area contributed by atoms with Gasteiger partial charge in [-0.1, -0.05) is 50.1 Å². The summed E-state index contributed by atoms with van der Waals surface area (Å²) in [6.07, 6.45) is 3.06. The van der Waals surface area contributed by atoms with Crippen LogP contribution in [0.25, 0.3) is 0 Å². The highest BCUT2D eigenvalue weighted by atomic mass is 79.9. The lowest BCUT2D eigenvalue weighted by Gasteiger charge is -1.94. The summed E-state index contributed by atoms with van der Waals surface area (Å²) in [5.74, 6) is 0. The largest absolute Gasteiger partial charge is 0.0732 e. The molecule has 0 atom stereocenters. The first-order valence-corrected chi connectivity index (χ1v) is 5.03. The average molecular weight is 276 g/mol. The fourth-order valence-corrected chi connectivity index (χ4v) is 1.25. The minimum Gasteiger partial charge on any atom is -0.0732 e. The van der Waals surface area contributed by atoms with Crippen molar-refractivity contribution in [3.63, 3.8) is 0 Å². The van der Waals surface area contributed by atoms with Gasteiger partial charge in [-0.2, -0.15) is 0 Å². The van der Waals surface area contributed by atoms with Gasteiger partial charge in [-0.25, -0.2) is 0 Å². The van der Waals surface area contributed by atoms with E-state index in [0.717, 1.165) is 10.9 Å². The van der Waals surface area contributed by atoms with Crippen LogP contribution in [0.4, 0.5) is 0 Å². The average Bonchev–Trinajstić information content (AvgIpc) is 2.04. The van der Waals surface area contributed by atoms with Crippen LogP contribution in [0, 0.1) is 0 Å². The van der Waals surface area contributed by atoms with Gasteiger partial charge in [-0.15, -0.1) is 0 Å². The Morgan fingerprint density at radius 3 is 2.36 bits per heavy atom. The number of allylic oxidation sites excluding steroid dienone is 1. The molecule has 0 aromatic heterocycles. The summed E-state index contributed by atoms with van der Waals surface area (Å²) in [6.45, 7) is 0. The molecule has 0 aliphatic heterocycles. The van der Waals surface area contributed by atoms with Crippen LogP contribution >= 0.6 is 31.9 Å². The minimum absolute atomic E-state index is 0.985. The lowest BCUT2D eigenvalue weighted by molar-refractivity contribution is 1.27. The van der Waals surface area contributed by atoms with Crippen molar-refractivity contribution in [2.75, 3.05) is 0 Å². The van der Waals surface area contributed by atoms with E-state index in [4.69, 9.17) is 0 Å². The van der Waals surface area contributed by atoms with E-state index in [1.165, 1.54) is 5.56 Å². The summed E-state index contributed by atoms with van der Waals surface area (Å²) < 4.78 is 1.13. The molecular formula is C9H8Br2. The van der Waals surface area contributed by atoms with Crippen molar-refractivity contribution < 1.29 is 0 Å². The Hall–Kier alpha value is -0.0800. The molecule has 1 aromatic carbocycles. The van der Waals surface area contributed by atoms with Crippen LogP contribution in [0.1, 0.15) is 5.56 Å². The smallest absolute Gasteiger partial charge is 0.0175 e. The van der Waals surface area contributed by atoms with E-state index in [1.807, 2.05) is 4.99 Å². The van der Waals surface area contributed by atoms with E-state index in [0.29, 0.717) is 0 Å². The molecule has 0 aliphatic rings. The summed E-state index contributed by atoms with van der Waals surface area (Å²) in [4.78, 5) is 1.88. The van der Waals surface area contributed by atoms with Gasteiger partial charge in [0.1, 0.15) is 0 Å². The van der Waals surface area contributed by atoms with Gasteiger partial charge in [0.2, 0.25) is 0 Å². The molecule has 0 heterocycles. The Labute approximate surface area is 83.6 Å². The second-order valence-electron chi connectivity index (χ2n) is 2.19. The van der Waals surface area contributed by atoms with E-state index in [9.17, 15) is 0 Å². The third-order valence-electron chi connectivity index (χ3n) is 1.36. The van der Waals surface area contributed by atoms with Gasteiger partial charge in [0.05, 0.1) is 0 Å². The summed E-state index contributed by atoms with van der Waals surface area (Å²) in [5, 5.41) is 0. The zero-order chi connectivity index (χ0) is 8.10. The first-order chi connectivity index (χ1) is 5.33. The SMILES string of the molecule is BrC=CCc1ccc(Br)cc1. The van der Waals surface area contributed by atoms with Crippen LogP contribution in [0.3, 0.4) is 0 Å². The number of hydrogen-bond donors (Lipinski definition) is 0. The Balaban J connectivity index is 2.66. The molecule has 0 aliphatic carbocycles. The highest BCUT2D eigenvalue weighted by Gasteiger charge is 1.88. The lowest BCUT2D eigenvalue weighted by atomic mass is 10.2. The van der Waals surface area contributed by atoms with Gasteiger partial charge in [0, 0.05) is 4.47 Å². The van der Waals surface area contributed by atoms with Crippen molar-refractivity contribution in [2.24, 2.45) is 0 Å². The molecule has 0 fully saturated rings. The molecule has 1 aromatic rings. The van der Waals surface area contributed by atoms with Gasteiger partial charge >= 0.3 is 0 Å². The van der Waals surface area contributed by atoms with Gasteiger partial charge in [-0.3, -0.25) is 0 Å². The zero-order valence-electron chi connectivity index (χ0n) is 5.93. The number of halogens is 2. The normalized spacial score (nSPS) is 10.7. The predicted octanol–water partition coefficient (Wildman–Crippen LogP) is 3.90. The van der Waals surface area contributed by atoms with Crippen LogP contribution in [0.5, 0.6) is 0 Å². The quantitative estimate of drug-likeness (QED) is 0.768. The summed E-state index contributed by atoms with van der Waals surface area (Å²) in [6, 6.07) is 8.32. The molecule has 0 spiro atoms. The van der Waals surface area contributed by atoms with E-state index in [-0.39, 0.29) is 0 Å². The molecular weight excluding hydrogens is 268 g/mol. The molecule has 0 amide bonds. The minimum atomic E-state index is 0.985. The van der Waals surface area contributed by atoms with Crippen LogP contribution in [-0.4, -0.2) is 0 Å². The third kappa shape index (κ3) is 3.21. The second-order valence-corrected chi connectivity index (χ2v) is 3.64. The van der Waals surface area contributed by atoms with Crippen LogP contribution in [0.2, 0.25) is 0 Å². The molecule has 0 bridgehead atoms. The first-order valence-electron chi connectivity index (χ1n) is 3.32. The number of rotatable bonds is 2. The van der Waals surface area contributed by atoms with Crippen LogP contribution in [-0.2, 0) is 6.42 Å². The maximum Gasteiger partial charge on any atom is 0.0175 e. The molecule has 11 heavy (non-hydrogen) atoms. The molecule has 2 heteroatoms. The third-order valence-corrected chi connectivity index (χ3v) is 2.26. The molecule has 0 radical (unpaired) electrons. The Kier molecular flexibility index (Phi) is 3.87. The molecule has 0 N–H and O–H groups in total. The highest BCUT2D eigenvalue weighted by molar-refractivity contribution is 9.11. The van der Waals surface area contributed by atoms with Crippen LogP contribution < -0.4 is 0 Å². The maximum absolute atomic E-state index is 3.39. The molecule has 0 nitrogen and oxygen atoms in total. The fraction of sp³-hybridized carbons (Fsp3) is 0.111. The van der Waals surface area contributed by atoms with Gasteiger partial charge < -0.3 is 0 Å². The molecule has 58 valence electrons. The number of hydrogen-bond acceptors (Lipinski definition) is 0. The standard InChI is InChI=1S/C9H8Br2/c10-7-1-2-8-3-5-9(11)6-4-8/h1,3-7H,2H2. The predicted molar refractivity (Wildman–Crippen MR) is 55.9 cm³/mol. The Morgan fingerprint density at radius 2 is 1.82 bits per heavy atom. The molecule has 0 saturated carbocycles. The van der Waals surface area contributed by atoms with Crippen molar-refractivity contribution >= 4 is 31.9 Å². The van der Waals surface area contributed by atoms with Crippen molar-refractivity contribution in [1.29, 1.82) is 0 Å². The van der Waals surface area contributed by atoms with E-state index in [2.05, 4.69) is 62.2 Å². The van der Waals surface area contributed by atoms with Crippen molar-refractivity contribution in [3.05, 3.63) is 45.4 Å². The van der Waals surface area contributed by atoms with Gasteiger partial charge in [-0.05, 0) is 29.1 Å². The topological polar surface area (TPSA) is 0 Å². The maximum atomic E-state index is 3.39. The van der Waals surface area contributed by atoms with Gasteiger partial charge in [0.15, 0.2) is 0 Å². The monoisotopic (exact) mass is 274 g/mol. The zero-order valence-corrected chi connectivity index (χ0v) is 9.10.